The molecule has 1 amide bonds. The van der Waals surface area contributed by atoms with Gasteiger partial charge in [-0.1, -0.05) is 6.07 Å². The molecule has 4 nitrogen and oxygen atoms in total. The molecule has 1 aliphatic rings. The Labute approximate surface area is 117 Å². The number of methoxy groups -OCH3 is 1. The zero-order valence-corrected chi connectivity index (χ0v) is 11.7. The summed E-state index contributed by atoms with van der Waals surface area (Å²) in [6, 6.07) is 4.87. The minimum absolute atomic E-state index is 0.121. The van der Waals surface area contributed by atoms with Crippen molar-refractivity contribution in [1.29, 1.82) is 0 Å². The fourth-order valence-corrected chi connectivity index (χ4v) is 2.53. The van der Waals surface area contributed by atoms with Crippen molar-refractivity contribution >= 4 is 17.5 Å². The van der Waals surface area contributed by atoms with Crippen molar-refractivity contribution < 1.29 is 14.6 Å². The molecule has 5 heteroatoms. The van der Waals surface area contributed by atoms with E-state index in [1.165, 1.54) is 7.11 Å². The highest BCUT2D eigenvalue weighted by atomic mass is 35.5. The van der Waals surface area contributed by atoms with Crippen LogP contribution in [0, 0.1) is 5.41 Å². The summed E-state index contributed by atoms with van der Waals surface area (Å²) < 4.78 is 4.98. The molecular weight excluding hydrogens is 266 g/mol. The molecule has 1 aromatic rings. The number of ether oxygens (including phenoxy) is 1. The zero-order chi connectivity index (χ0) is 13.9. The van der Waals surface area contributed by atoms with Crippen LogP contribution in [0.2, 0.25) is 0 Å². The molecule has 1 saturated carbocycles. The van der Waals surface area contributed by atoms with Gasteiger partial charge >= 0.3 is 0 Å². The number of phenolic OH excluding ortho intramolecular Hbond substituents is 1. The second-order valence-corrected chi connectivity index (χ2v) is 5.36. The average Bonchev–Trinajstić information content (AvgIpc) is 3.17. The number of nitrogens with one attached hydrogen (secondary N) is 1. The first-order valence-corrected chi connectivity index (χ1v) is 6.85. The van der Waals surface area contributed by atoms with E-state index in [0.29, 0.717) is 18.2 Å². The number of benzene rings is 1. The second-order valence-electron chi connectivity index (χ2n) is 4.98. The van der Waals surface area contributed by atoms with Gasteiger partial charge < -0.3 is 15.2 Å². The molecule has 2 rings (SSSR count). The number of hydrogen-bond donors (Lipinski definition) is 2. The summed E-state index contributed by atoms with van der Waals surface area (Å²) in [5, 5.41) is 12.8. The Morgan fingerprint density at radius 1 is 1.53 bits per heavy atom. The third kappa shape index (κ3) is 3.13. The minimum atomic E-state index is -0.280. The number of aromatic hydroxyl groups is 1. The number of halogens is 1. The van der Waals surface area contributed by atoms with Crippen LogP contribution < -0.4 is 10.1 Å². The van der Waals surface area contributed by atoms with Crippen LogP contribution in [0.1, 0.15) is 29.6 Å². The Balaban J connectivity index is 2.00. The maximum Gasteiger partial charge on any atom is 0.255 e. The SMILES string of the molecule is COc1cccc(C(=O)NCC2(CCCl)CC2)c1O. The molecule has 1 fully saturated rings. The fourth-order valence-electron chi connectivity index (χ4n) is 2.13. The van der Waals surface area contributed by atoms with E-state index < -0.39 is 0 Å². The summed E-state index contributed by atoms with van der Waals surface area (Å²) in [4.78, 5) is 12.1. The summed E-state index contributed by atoms with van der Waals surface area (Å²) in [5.74, 6) is 0.511. The summed E-state index contributed by atoms with van der Waals surface area (Å²) in [7, 11) is 1.45. The van der Waals surface area contributed by atoms with Gasteiger partial charge in [0.15, 0.2) is 11.5 Å². The van der Waals surface area contributed by atoms with Crippen molar-refractivity contribution in [3.63, 3.8) is 0 Å². The summed E-state index contributed by atoms with van der Waals surface area (Å²) >= 11 is 5.75. The predicted octanol–water partition coefficient (Wildman–Crippen LogP) is 2.54. The molecule has 0 spiro atoms. The van der Waals surface area contributed by atoms with E-state index in [2.05, 4.69) is 5.32 Å². The summed E-state index contributed by atoms with van der Waals surface area (Å²) in [6.07, 6.45) is 3.12. The molecule has 2 N–H and O–H groups in total. The zero-order valence-electron chi connectivity index (χ0n) is 10.9. The lowest BCUT2D eigenvalue weighted by Crippen LogP contribution is -2.30. The smallest absolute Gasteiger partial charge is 0.255 e. The van der Waals surface area contributed by atoms with Gasteiger partial charge in [0.05, 0.1) is 12.7 Å². The van der Waals surface area contributed by atoms with Crippen molar-refractivity contribution in [3.8, 4) is 11.5 Å². The molecule has 1 aromatic carbocycles. The monoisotopic (exact) mass is 283 g/mol. The third-order valence-electron chi connectivity index (χ3n) is 3.67. The number of amides is 1. The van der Waals surface area contributed by atoms with Crippen molar-refractivity contribution in [1.82, 2.24) is 5.32 Å². The Morgan fingerprint density at radius 3 is 2.84 bits per heavy atom. The van der Waals surface area contributed by atoms with Crippen LogP contribution in [-0.2, 0) is 0 Å². The highest BCUT2D eigenvalue weighted by Gasteiger charge is 2.41. The van der Waals surface area contributed by atoms with E-state index in [1.807, 2.05) is 0 Å². The maximum atomic E-state index is 12.1. The fraction of sp³-hybridized carbons (Fsp3) is 0.500. The van der Waals surface area contributed by atoms with Gasteiger partial charge in [-0.25, -0.2) is 0 Å². The lowest BCUT2D eigenvalue weighted by Gasteiger charge is -2.15. The predicted molar refractivity (Wildman–Crippen MR) is 74.0 cm³/mol. The van der Waals surface area contributed by atoms with Crippen LogP contribution in [0.25, 0.3) is 0 Å². The third-order valence-corrected chi connectivity index (χ3v) is 3.86. The number of rotatable bonds is 6. The first-order valence-electron chi connectivity index (χ1n) is 6.32. The van der Waals surface area contributed by atoms with Gasteiger partial charge in [-0.05, 0) is 36.8 Å². The number of carbonyl (C=O) groups excluding carboxylic acids is 1. The van der Waals surface area contributed by atoms with E-state index in [0.717, 1.165) is 19.3 Å². The number of phenols is 1. The van der Waals surface area contributed by atoms with E-state index in [-0.39, 0.29) is 22.6 Å². The van der Waals surface area contributed by atoms with Crippen LogP contribution in [0.15, 0.2) is 18.2 Å². The number of para-hydroxylation sites is 1. The van der Waals surface area contributed by atoms with Crippen LogP contribution in [0.3, 0.4) is 0 Å². The molecule has 19 heavy (non-hydrogen) atoms. The van der Waals surface area contributed by atoms with Crippen molar-refractivity contribution in [2.45, 2.75) is 19.3 Å². The number of alkyl halides is 1. The molecule has 0 radical (unpaired) electrons. The van der Waals surface area contributed by atoms with E-state index in [4.69, 9.17) is 16.3 Å². The van der Waals surface area contributed by atoms with Gasteiger partial charge in [-0.3, -0.25) is 4.79 Å². The highest BCUT2D eigenvalue weighted by molar-refractivity contribution is 6.17. The molecule has 0 heterocycles. The molecule has 0 atom stereocenters. The van der Waals surface area contributed by atoms with E-state index >= 15 is 0 Å². The molecule has 0 unspecified atom stereocenters. The molecular formula is C14H18ClNO3. The van der Waals surface area contributed by atoms with E-state index in [9.17, 15) is 9.90 Å². The van der Waals surface area contributed by atoms with Crippen molar-refractivity contribution in [2.24, 2.45) is 5.41 Å². The molecule has 104 valence electrons. The standard InChI is InChI=1S/C14H18ClNO3/c1-19-11-4-2-3-10(12(11)17)13(18)16-9-14(5-6-14)7-8-15/h2-4,17H,5-9H2,1H3,(H,16,18). The molecule has 0 aromatic heterocycles. The summed E-state index contributed by atoms with van der Waals surface area (Å²) in [6.45, 7) is 0.606. The Hall–Kier alpha value is -1.42. The van der Waals surface area contributed by atoms with Gasteiger partial charge in [0.25, 0.3) is 5.91 Å². The van der Waals surface area contributed by atoms with Gasteiger partial charge in [0, 0.05) is 12.4 Å². The topological polar surface area (TPSA) is 58.6 Å². The number of carbonyl (C=O) groups is 1. The van der Waals surface area contributed by atoms with Gasteiger partial charge in [-0.15, -0.1) is 11.6 Å². The van der Waals surface area contributed by atoms with Gasteiger partial charge in [0.2, 0.25) is 0 Å². The highest BCUT2D eigenvalue weighted by Crippen LogP contribution is 2.48. The Kier molecular flexibility index (Phi) is 4.20. The number of hydrogen-bond acceptors (Lipinski definition) is 3. The first kappa shape index (κ1) is 14.0. The Bertz CT molecular complexity index is 472. The van der Waals surface area contributed by atoms with Gasteiger partial charge in [-0.2, -0.15) is 0 Å². The van der Waals surface area contributed by atoms with Crippen LogP contribution in [0.5, 0.6) is 11.5 Å². The summed E-state index contributed by atoms with van der Waals surface area (Å²) in [5.41, 5.74) is 0.410. The Morgan fingerprint density at radius 2 is 2.26 bits per heavy atom. The molecule has 0 aliphatic heterocycles. The molecule has 0 saturated heterocycles. The van der Waals surface area contributed by atoms with E-state index in [1.54, 1.807) is 18.2 Å². The average molecular weight is 284 g/mol. The van der Waals surface area contributed by atoms with Crippen molar-refractivity contribution in [2.75, 3.05) is 19.5 Å². The lowest BCUT2D eigenvalue weighted by atomic mass is 10.0. The first-order chi connectivity index (χ1) is 9.12. The quantitative estimate of drug-likeness (QED) is 0.789. The molecule has 0 bridgehead atoms. The maximum absolute atomic E-state index is 12.1. The van der Waals surface area contributed by atoms with Crippen LogP contribution in [-0.4, -0.2) is 30.5 Å². The lowest BCUT2D eigenvalue weighted by molar-refractivity contribution is 0.0941. The normalized spacial score (nSPS) is 15.9. The second kappa shape index (κ2) is 5.70. The van der Waals surface area contributed by atoms with Crippen LogP contribution >= 0.6 is 11.6 Å². The molecule has 1 aliphatic carbocycles. The van der Waals surface area contributed by atoms with Crippen molar-refractivity contribution in [3.05, 3.63) is 23.8 Å². The van der Waals surface area contributed by atoms with Gasteiger partial charge in [0.1, 0.15) is 0 Å². The largest absolute Gasteiger partial charge is 0.504 e. The van der Waals surface area contributed by atoms with Crippen LogP contribution in [0.4, 0.5) is 0 Å². The minimum Gasteiger partial charge on any atom is -0.504 e.